The Labute approximate surface area is 160 Å². The summed E-state index contributed by atoms with van der Waals surface area (Å²) in [6.45, 7) is 3.02. The summed E-state index contributed by atoms with van der Waals surface area (Å²) in [5.41, 5.74) is 5.74. The fourth-order valence-corrected chi connectivity index (χ4v) is 3.20. The molecule has 0 bridgehead atoms. The van der Waals surface area contributed by atoms with Gasteiger partial charge in [-0.15, -0.1) is 0 Å². The van der Waals surface area contributed by atoms with E-state index in [4.69, 9.17) is 10.5 Å². The largest absolute Gasteiger partial charge is 0.494 e. The van der Waals surface area contributed by atoms with Crippen molar-refractivity contribution >= 4 is 5.91 Å². The molecule has 0 aliphatic carbocycles. The molecule has 0 saturated carbocycles. The van der Waals surface area contributed by atoms with Crippen molar-refractivity contribution in [1.82, 2.24) is 0 Å². The molecule has 0 heterocycles. The van der Waals surface area contributed by atoms with Crippen molar-refractivity contribution in [2.75, 3.05) is 6.61 Å². The van der Waals surface area contributed by atoms with Gasteiger partial charge in [0, 0.05) is 5.56 Å². The van der Waals surface area contributed by atoms with Crippen LogP contribution in [0.4, 0.5) is 0 Å². The molecular weight excluding hydrogens is 322 g/mol. The number of unbranched alkanes of at least 4 members (excludes halogenated alkanes) is 13. The Bertz CT molecular complexity index is 456. The lowest BCUT2D eigenvalue weighted by atomic mass is 10.0. The Balaban J connectivity index is 1.83. The highest BCUT2D eigenvalue weighted by Gasteiger charge is 2.00. The van der Waals surface area contributed by atoms with Gasteiger partial charge in [0.25, 0.3) is 0 Å². The van der Waals surface area contributed by atoms with Crippen LogP contribution in [0, 0.1) is 0 Å². The molecule has 0 aliphatic heterocycles. The third kappa shape index (κ3) is 11.9. The van der Waals surface area contributed by atoms with E-state index in [-0.39, 0.29) is 0 Å². The van der Waals surface area contributed by atoms with Gasteiger partial charge in [0.15, 0.2) is 0 Å². The molecule has 1 rings (SSSR count). The summed E-state index contributed by atoms with van der Waals surface area (Å²) in [6, 6.07) is 7.04. The Kier molecular flexibility index (Phi) is 13.6. The van der Waals surface area contributed by atoms with Crippen molar-refractivity contribution in [1.29, 1.82) is 0 Å². The van der Waals surface area contributed by atoms with Crippen LogP contribution in [0.3, 0.4) is 0 Å². The molecule has 0 atom stereocenters. The number of amides is 1. The van der Waals surface area contributed by atoms with E-state index in [2.05, 4.69) is 6.92 Å². The molecule has 0 fully saturated rings. The average molecular weight is 362 g/mol. The van der Waals surface area contributed by atoms with Crippen molar-refractivity contribution in [3.63, 3.8) is 0 Å². The minimum atomic E-state index is -0.400. The zero-order valence-corrected chi connectivity index (χ0v) is 16.8. The van der Waals surface area contributed by atoms with E-state index in [0.29, 0.717) is 5.56 Å². The second-order valence-electron chi connectivity index (χ2n) is 7.33. The summed E-state index contributed by atoms with van der Waals surface area (Å²) < 4.78 is 5.70. The van der Waals surface area contributed by atoms with Gasteiger partial charge in [-0.3, -0.25) is 4.79 Å². The van der Waals surface area contributed by atoms with E-state index in [1.807, 2.05) is 12.1 Å². The Morgan fingerprint density at radius 3 is 1.58 bits per heavy atom. The number of primary amides is 1. The second-order valence-corrected chi connectivity index (χ2v) is 7.33. The summed E-state index contributed by atoms with van der Waals surface area (Å²) >= 11 is 0. The highest BCUT2D eigenvalue weighted by atomic mass is 16.5. The molecule has 0 aromatic heterocycles. The van der Waals surface area contributed by atoms with E-state index in [1.54, 1.807) is 12.1 Å². The Morgan fingerprint density at radius 1 is 0.731 bits per heavy atom. The van der Waals surface area contributed by atoms with Crippen LogP contribution in [0.15, 0.2) is 24.3 Å². The Hall–Kier alpha value is -1.51. The maximum absolute atomic E-state index is 11.0. The van der Waals surface area contributed by atoms with Crippen LogP contribution in [0.25, 0.3) is 0 Å². The third-order valence-electron chi connectivity index (χ3n) is 4.91. The molecule has 2 N–H and O–H groups in total. The minimum Gasteiger partial charge on any atom is -0.494 e. The SMILES string of the molecule is CCCCCCCCCCCCCCCCOc1ccc(C(N)=O)cc1. The first kappa shape index (κ1) is 22.5. The summed E-state index contributed by atoms with van der Waals surface area (Å²) in [5, 5.41) is 0. The van der Waals surface area contributed by atoms with Gasteiger partial charge in [-0.25, -0.2) is 0 Å². The van der Waals surface area contributed by atoms with Crippen LogP contribution in [-0.2, 0) is 0 Å². The van der Waals surface area contributed by atoms with Gasteiger partial charge in [0.2, 0.25) is 5.91 Å². The lowest BCUT2D eigenvalue weighted by molar-refractivity contribution is 0.100. The highest BCUT2D eigenvalue weighted by molar-refractivity contribution is 5.92. The first-order valence-electron chi connectivity index (χ1n) is 10.8. The summed E-state index contributed by atoms with van der Waals surface area (Å²) in [7, 11) is 0. The van der Waals surface area contributed by atoms with Gasteiger partial charge in [-0.1, -0.05) is 90.4 Å². The molecule has 0 aliphatic rings. The minimum absolute atomic E-state index is 0.400. The predicted octanol–water partition coefficient (Wildman–Crippen LogP) is 6.65. The van der Waals surface area contributed by atoms with Gasteiger partial charge in [0.1, 0.15) is 5.75 Å². The normalized spacial score (nSPS) is 10.8. The van der Waals surface area contributed by atoms with E-state index < -0.39 is 5.91 Å². The number of nitrogens with two attached hydrogens (primary N) is 1. The Morgan fingerprint density at radius 2 is 1.15 bits per heavy atom. The number of hydrogen-bond acceptors (Lipinski definition) is 2. The molecule has 0 saturated heterocycles. The first-order chi connectivity index (χ1) is 12.7. The van der Waals surface area contributed by atoms with Crippen LogP contribution in [0.1, 0.15) is 107 Å². The number of hydrogen-bond donors (Lipinski definition) is 1. The fraction of sp³-hybridized carbons (Fsp3) is 0.696. The van der Waals surface area contributed by atoms with E-state index in [1.165, 1.54) is 83.5 Å². The average Bonchev–Trinajstić information content (AvgIpc) is 2.65. The zero-order valence-electron chi connectivity index (χ0n) is 16.8. The van der Waals surface area contributed by atoms with Crippen molar-refractivity contribution in [2.45, 2.75) is 96.8 Å². The van der Waals surface area contributed by atoms with Gasteiger partial charge < -0.3 is 10.5 Å². The molecule has 1 amide bonds. The van der Waals surface area contributed by atoms with Crippen LogP contribution < -0.4 is 10.5 Å². The number of ether oxygens (including phenoxy) is 1. The van der Waals surface area contributed by atoms with E-state index in [9.17, 15) is 4.79 Å². The van der Waals surface area contributed by atoms with Crippen LogP contribution in [-0.4, -0.2) is 12.5 Å². The molecule has 1 aromatic carbocycles. The molecular formula is C23H39NO2. The number of benzene rings is 1. The molecule has 0 radical (unpaired) electrons. The molecule has 0 unspecified atom stereocenters. The predicted molar refractivity (Wildman–Crippen MR) is 111 cm³/mol. The van der Waals surface area contributed by atoms with Gasteiger partial charge >= 0.3 is 0 Å². The lowest BCUT2D eigenvalue weighted by Crippen LogP contribution is -2.10. The van der Waals surface area contributed by atoms with Crippen molar-refractivity contribution in [2.24, 2.45) is 5.73 Å². The van der Waals surface area contributed by atoms with Gasteiger partial charge in [-0.05, 0) is 30.7 Å². The monoisotopic (exact) mass is 361 g/mol. The van der Waals surface area contributed by atoms with Crippen LogP contribution in [0.5, 0.6) is 5.75 Å². The molecule has 0 spiro atoms. The standard InChI is InChI=1S/C23H39NO2/c1-2-3-4-5-6-7-8-9-10-11-12-13-14-15-20-26-22-18-16-21(17-19-22)23(24)25/h16-19H,2-15,20H2,1H3,(H2,24,25). The first-order valence-corrected chi connectivity index (χ1v) is 10.8. The summed E-state index contributed by atoms with van der Waals surface area (Å²) in [6.07, 6.45) is 19.1. The smallest absolute Gasteiger partial charge is 0.248 e. The van der Waals surface area contributed by atoms with Crippen molar-refractivity contribution < 1.29 is 9.53 Å². The lowest BCUT2D eigenvalue weighted by Gasteiger charge is -2.06. The second kappa shape index (κ2) is 15.7. The fourth-order valence-electron chi connectivity index (χ4n) is 3.20. The van der Waals surface area contributed by atoms with E-state index >= 15 is 0 Å². The van der Waals surface area contributed by atoms with Crippen molar-refractivity contribution in [3.05, 3.63) is 29.8 Å². The quantitative estimate of drug-likeness (QED) is 0.316. The highest BCUT2D eigenvalue weighted by Crippen LogP contribution is 2.14. The number of carbonyl (C=O) groups excluding carboxylic acids is 1. The molecule has 3 heteroatoms. The van der Waals surface area contributed by atoms with Crippen LogP contribution in [0.2, 0.25) is 0 Å². The maximum atomic E-state index is 11.0. The van der Waals surface area contributed by atoms with Gasteiger partial charge in [-0.2, -0.15) is 0 Å². The molecule has 148 valence electrons. The number of rotatable bonds is 17. The number of carbonyl (C=O) groups is 1. The van der Waals surface area contributed by atoms with Gasteiger partial charge in [0.05, 0.1) is 6.61 Å². The van der Waals surface area contributed by atoms with Crippen molar-refractivity contribution in [3.8, 4) is 5.75 Å². The molecule has 3 nitrogen and oxygen atoms in total. The molecule has 26 heavy (non-hydrogen) atoms. The third-order valence-corrected chi connectivity index (χ3v) is 4.91. The maximum Gasteiger partial charge on any atom is 0.248 e. The zero-order chi connectivity index (χ0) is 18.9. The van der Waals surface area contributed by atoms with Crippen LogP contribution >= 0.6 is 0 Å². The summed E-state index contributed by atoms with van der Waals surface area (Å²) in [4.78, 5) is 11.0. The molecule has 1 aromatic rings. The summed E-state index contributed by atoms with van der Waals surface area (Å²) in [5.74, 6) is 0.410. The topological polar surface area (TPSA) is 52.3 Å². The van der Waals surface area contributed by atoms with E-state index in [0.717, 1.165) is 18.8 Å².